The topological polar surface area (TPSA) is 67.4 Å². The molecule has 2 N–H and O–H groups in total. The summed E-state index contributed by atoms with van der Waals surface area (Å²) in [6.45, 7) is 0.322. The number of hydrogen-bond acceptors (Lipinski definition) is 3. The zero-order chi connectivity index (χ0) is 16.7. The molecule has 2 aromatic rings. The average Bonchev–Trinajstić information content (AvgIpc) is 2.58. The third kappa shape index (κ3) is 5.24. The third-order valence-electron chi connectivity index (χ3n) is 3.15. The van der Waals surface area contributed by atoms with Crippen LogP contribution in [0.2, 0.25) is 0 Å². The zero-order valence-electron chi connectivity index (χ0n) is 12.6. The maximum absolute atomic E-state index is 12.0. The molecule has 0 aromatic heterocycles. The van der Waals surface area contributed by atoms with Crippen LogP contribution < -0.4 is 15.4 Å². The van der Waals surface area contributed by atoms with Gasteiger partial charge in [-0.05, 0) is 52.4 Å². The lowest BCUT2D eigenvalue weighted by Crippen LogP contribution is -2.36. The van der Waals surface area contributed by atoms with E-state index in [1.54, 1.807) is 19.2 Å². The Labute approximate surface area is 148 Å². The standard InChI is InChI=1S/C17H17IN2O3/c1-23-13-6-4-5-12(9-13)10-19-16(21)11-20-17(22)14-7-2-3-8-15(14)18/h2-9H,10-11H2,1H3,(H,19,21)(H,20,22). The van der Waals surface area contributed by atoms with Gasteiger partial charge in [0.05, 0.1) is 19.2 Å². The van der Waals surface area contributed by atoms with Crippen molar-refractivity contribution in [3.05, 3.63) is 63.2 Å². The van der Waals surface area contributed by atoms with Gasteiger partial charge in [0.25, 0.3) is 5.91 Å². The predicted octanol–water partition coefficient (Wildman–Crippen LogP) is 2.35. The molecule has 0 atom stereocenters. The molecule has 2 rings (SSSR count). The summed E-state index contributed by atoms with van der Waals surface area (Å²) in [6.07, 6.45) is 0. The van der Waals surface area contributed by atoms with E-state index >= 15 is 0 Å². The zero-order valence-corrected chi connectivity index (χ0v) is 14.8. The molecule has 0 unspecified atom stereocenters. The van der Waals surface area contributed by atoms with E-state index in [0.717, 1.165) is 14.9 Å². The normalized spacial score (nSPS) is 10.0. The highest BCUT2D eigenvalue weighted by molar-refractivity contribution is 14.1. The number of halogens is 1. The molecule has 0 aliphatic rings. The predicted molar refractivity (Wildman–Crippen MR) is 96.3 cm³/mol. The van der Waals surface area contributed by atoms with Crippen molar-refractivity contribution in [3.8, 4) is 5.75 Å². The first-order valence-electron chi connectivity index (χ1n) is 7.02. The molecule has 0 spiro atoms. The van der Waals surface area contributed by atoms with Gasteiger partial charge >= 0.3 is 0 Å². The summed E-state index contributed by atoms with van der Waals surface area (Å²) in [5, 5.41) is 5.38. The van der Waals surface area contributed by atoms with Gasteiger partial charge in [-0.25, -0.2) is 0 Å². The van der Waals surface area contributed by atoms with Crippen molar-refractivity contribution < 1.29 is 14.3 Å². The second-order valence-corrected chi connectivity index (χ2v) is 5.95. The molecule has 0 fully saturated rings. The van der Waals surface area contributed by atoms with Crippen LogP contribution in [0.4, 0.5) is 0 Å². The van der Waals surface area contributed by atoms with Gasteiger partial charge in [0.1, 0.15) is 5.75 Å². The molecule has 0 aliphatic heterocycles. The van der Waals surface area contributed by atoms with Crippen molar-refractivity contribution in [2.45, 2.75) is 6.54 Å². The van der Waals surface area contributed by atoms with Gasteiger partial charge in [-0.15, -0.1) is 0 Å². The molecule has 6 heteroatoms. The van der Waals surface area contributed by atoms with Crippen LogP contribution in [0, 0.1) is 3.57 Å². The Kier molecular flexibility index (Phi) is 6.40. The summed E-state index contributed by atoms with van der Waals surface area (Å²) in [6, 6.07) is 14.7. The molecule has 2 aromatic carbocycles. The first kappa shape index (κ1) is 17.3. The lowest BCUT2D eigenvalue weighted by molar-refractivity contribution is -0.120. The fourth-order valence-electron chi connectivity index (χ4n) is 1.95. The summed E-state index contributed by atoms with van der Waals surface area (Å²) >= 11 is 2.09. The van der Waals surface area contributed by atoms with Crippen LogP contribution >= 0.6 is 22.6 Å². The minimum atomic E-state index is -0.258. The molecule has 5 nitrogen and oxygen atoms in total. The van der Waals surface area contributed by atoms with Crippen LogP contribution in [0.15, 0.2) is 48.5 Å². The quantitative estimate of drug-likeness (QED) is 0.700. The van der Waals surface area contributed by atoms with Gasteiger partial charge < -0.3 is 15.4 Å². The number of hydrogen-bond donors (Lipinski definition) is 2. The Balaban J connectivity index is 1.81. The highest BCUT2D eigenvalue weighted by atomic mass is 127. The van der Waals surface area contributed by atoms with E-state index in [9.17, 15) is 9.59 Å². The minimum absolute atomic E-state index is 0.0617. The summed E-state index contributed by atoms with van der Waals surface area (Å²) in [5.41, 5.74) is 1.50. The van der Waals surface area contributed by atoms with E-state index in [-0.39, 0.29) is 18.4 Å². The lowest BCUT2D eigenvalue weighted by Gasteiger charge is -2.09. The molecular formula is C17H17IN2O3. The van der Waals surface area contributed by atoms with Crippen molar-refractivity contribution in [2.24, 2.45) is 0 Å². The Hall–Kier alpha value is -2.09. The minimum Gasteiger partial charge on any atom is -0.497 e. The molecule has 2 amide bonds. The number of methoxy groups -OCH3 is 1. The summed E-state index contributed by atoms with van der Waals surface area (Å²) in [7, 11) is 1.60. The number of carbonyl (C=O) groups excluding carboxylic acids is 2. The van der Waals surface area contributed by atoms with E-state index in [1.807, 2.05) is 36.4 Å². The Bertz CT molecular complexity index is 704. The highest BCUT2D eigenvalue weighted by Gasteiger charge is 2.10. The molecule has 0 bridgehead atoms. The second-order valence-electron chi connectivity index (χ2n) is 4.79. The SMILES string of the molecule is COc1cccc(CNC(=O)CNC(=O)c2ccccc2I)c1. The lowest BCUT2D eigenvalue weighted by atomic mass is 10.2. The smallest absolute Gasteiger partial charge is 0.252 e. The number of ether oxygens (including phenoxy) is 1. The molecule has 0 heterocycles. The van der Waals surface area contributed by atoms with Gasteiger partial charge in [-0.1, -0.05) is 24.3 Å². The van der Waals surface area contributed by atoms with Gasteiger partial charge in [0.15, 0.2) is 0 Å². The third-order valence-corrected chi connectivity index (χ3v) is 4.09. The van der Waals surface area contributed by atoms with Crippen LogP contribution in [0.5, 0.6) is 5.75 Å². The molecule has 0 aliphatic carbocycles. The summed E-state index contributed by atoms with van der Waals surface area (Å²) < 4.78 is 5.98. The van der Waals surface area contributed by atoms with Crippen LogP contribution in [-0.4, -0.2) is 25.5 Å². The molecular weight excluding hydrogens is 407 g/mol. The van der Waals surface area contributed by atoms with E-state index in [1.165, 1.54) is 0 Å². The van der Waals surface area contributed by atoms with Gasteiger partial charge in [-0.2, -0.15) is 0 Å². The van der Waals surface area contributed by atoms with E-state index in [4.69, 9.17) is 4.74 Å². The number of carbonyl (C=O) groups is 2. The average molecular weight is 424 g/mol. The molecule has 0 saturated heterocycles. The highest BCUT2D eigenvalue weighted by Crippen LogP contribution is 2.12. The number of nitrogens with one attached hydrogen (secondary N) is 2. The fraction of sp³-hybridized carbons (Fsp3) is 0.176. The molecule has 0 radical (unpaired) electrons. The Morgan fingerprint density at radius 3 is 2.61 bits per heavy atom. The van der Waals surface area contributed by atoms with Crippen molar-refractivity contribution in [1.82, 2.24) is 10.6 Å². The Morgan fingerprint density at radius 1 is 1.09 bits per heavy atom. The van der Waals surface area contributed by atoms with E-state index < -0.39 is 0 Å². The second kappa shape index (κ2) is 8.52. The number of amides is 2. The van der Waals surface area contributed by atoms with Crippen molar-refractivity contribution in [2.75, 3.05) is 13.7 Å². The Morgan fingerprint density at radius 2 is 1.87 bits per heavy atom. The van der Waals surface area contributed by atoms with Gasteiger partial charge in [0.2, 0.25) is 5.91 Å². The maximum atomic E-state index is 12.0. The number of benzene rings is 2. The molecule has 23 heavy (non-hydrogen) atoms. The van der Waals surface area contributed by atoms with Crippen LogP contribution in [-0.2, 0) is 11.3 Å². The van der Waals surface area contributed by atoms with Gasteiger partial charge in [0, 0.05) is 10.1 Å². The van der Waals surface area contributed by atoms with E-state index in [0.29, 0.717) is 12.1 Å². The fourth-order valence-corrected chi connectivity index (χ4v) is 2.58. The van der Waals surface area contributed by atoms with Crippen molar-refractivity contribution in [1.29, 1.82) is 0 Å². The first-order chi connectivity index (χ1) is 11.1. The van der Waals surface area contributed by atoms with Gasteiger partial charge in [-0.3, -0.25) is 9.59 Å². The van der Waals surface area contributed by atoms with E-state index in [2.05, 4.69) is 33.2 Å². The van der Waals surface area contributed by atoms with Crippen LogP contribution in [0.25, 0.3) is 0 Å². The monoisotopic (exact) mass is 424 g/mol. The summed E-state index contributed by atoms with van der Waals surface area (Å²) in [4.78, 5) is 23.8. The van der Waals surface area contributed by atoms with Crippen LogP contribution in [0.3, 0.4) is 0 Å². The van der Waals surface area contributed by atoms with Crippen LogP contribution in [0.1, 0.15) is 15.9 Å². The molecule has 120 valence electrons. The van der Waals surface area contributed by atoms with Crippen molar-refractivity contribution >= 4 is 34.4 Å². The maximum Gasteiger partial charge on any atom is 0.252 e. The summed E-state index contributed by atoms with van der Waals surface area (Å²) in [5.74, 6) is 0.238. The first-order valence-corrected chi connectivity index (χ1v) is 8.10. The molecule has 0 saturated carbocycles. The largest absolute Gasteiger partial charge is 0.497 e. The van der Waals surface area contributed by atoms with Crippen molar-refractivity contribution in [3.63, 3.8) is 0 Å². The number of rotatable bonds is 6.